The molecule has 1 amide bonds. The molecule has 1 aliphatic rings. The summed E-state index contributed by atoms with van der Waals surface area (Å²) in [4.78, 5) is 12.1. The molecule has 0 aromatic carbocycles. The van der Waals surface area contributed by atoms with Gasteiger partial charge in [-0.3, -0.25) is 4.79 Å². The van der Waals surface area contributed by atoms with Gasteiger partial charge >= 0.3 is 0 Å². The van der Waals surface area contributed by atoms with Crippen LogP contribution in [-0.2, 0) is 14.3 Å². The smallest absolute Gasteiger partial charge is 0.220 e. The zero-order valence-corrected chi connectivity index (χ0v) is 36.1. The molecule has 1 fully saturated rings. The van der Waals surface area contributed by atoms with Crippen molar-refractivity contribution in [3.63, 3.8) is 0 Å². The average Bonchev–Trinajstić information content (AvgIpc) is 3.20. The molecule has 0 aromatic heterocycles. The van der Waals surface area contributed by atoms with E-state index in [0.717, 1.165) is 19.3 Å². The summed E-state index contributed by atoms with van der Waals surface area (Å²) in [5.74, 6) is -0.274. The van der Waals surface area contributed by atoms with Crippen molar-refractivity contribution in [3.05, 3.63) is 24.3 Å². The molecule has 9 heteroatoms. The minimum absolute atomic E-state index is 0.209. The molecule has 7 unspecified atom stereocenters. The second-order valence-electron chi connectivity index (χ2n) is 16.5. The third kappa shape index (κ3) is 28.2. The Morgan fingerprint density at radius 1 is 0.589 bits per heavy atom. The molecule has 1 heterocycles. The molecular weight excluding hydrogens is 707 g/mol. The molecule has 0 aromatic rings. The summed E-state index contributed by atoms with van der Waals surface area (Å²) in [5.41, 5.74) is 0. The lowest BCUT2D eigenvalue weighted by Crippen LogP contribution is -2.60. The quantitative estimate of drug-likeness (QED) is 0.0266. The lowest BCUT2D eigenvalue weighted by molar-refractivity contribution is -0.302. The first-order valence-corrected chi connectivity index (χ1v) is 23.6. The van der Waals surface area contributed by atoms with Crippen molar-refractivity contribution in [1.29, 1.82) is 0 Å². The molecule has 1 aliphatic heterocycles. The van der Waals surface area contributed by atoms with Crippen molar-refractivity contribution in [3.8, 4) is 0 Å². The molecule has 56 heavy (non-hydrogen) atoms. The summed E-state index contributed by atoms with van der Waals surface area (Å²) in [6.45, 7) is 3.21. The molecule has 0 saturated carbocycles. The maximum Gasteiger partial charge on any atom is 0.220 e. The van der Waals surface area contributed by atoms with Crippen LogP contribution in [-0.4, -0.2) is 87.5 Å². The van der Waals surface area contributed by atoms with Gasteiger partial charge in [-0.25, -0.2) is 0 Å². The standard InChI is InChI=1S/C47H89NO8/c1-3-5-6-7-8-9-10-11-12-13-14-15-16-17-18-19-20-21-22-23-24-25-26-27-28-29-30-31-32-33-34-35-36-37-41(50)40(48-43(51)4-2)39-55-47-46(54)45(53)44(52)42(38-49)56-47/h32-33,36-37,40-42,44-47,49-50,52-54H,3-31,34-35,38-39H2,1-2H3,(H,48,51)/b33-32+,37-36+. The van der Waals surface area contributed by atoms with Crippen molar-refractivity contribution < 1.29 is 39.8 Å². The Hall–Kier alpha value is -1.33. The Labute approximate surface area is 343 Å². The summed E-state index contributed by atoms with van der Waals surface area (Å²) >= 11 is 0. The van der Waals surface area contributed by atoms with E-state index in [9.17, 15) is 30.3 Å². The number of unbranched alkanes of at least 4 members (excludes halogenated alkanes) is 28. The van der Waals surface area contributed by atoms with Crippen LogP contribution in [0.3, 0.4) is 0 Å². The van der Waals surface area contributed by atoms with Crippen molar-refractivity contribution >= 4 is 5.91 Å². The SMILES string of the molecule is CCCCCCCCCCCCCCCCCCCCCCCCCCCCC/C=C/CC/C=C/C(O)C(COC1OC(CO)C(O)C(O)C1O)NC(=O)CC. The van der Waals surface area contributed by atoms with Crippen LogP contribution in [0.15, 0.2) is 24.3 Å². The maximum atomic E-state index is 12.1. The van der Waals surface area contributed by atoms with Crippen LogP contribution < -0.4 is 5.32 Å². The highest BCUT2D eigenvalue weighted by atomic mass is 16.7. The fraction of sp³-hybridized carbons (Fsp3) is 0.894. The van der Waals surface area contributed by atoms with Crippen molar-refractivity contribution in [2.45, 2.75) is 256 Å². The van der Waals surface area contributed by atoms with Crippen LogP contribution in [0, 0.1) is 0 Å². The Morgan fingerprint density at radius 3 is 1.43 bits per heavy atom. The zero-order valence-electron chi connectivity index (χ0n) is 36.1. The molecular formula is C47H89NO8. The maximum absolute atomic E-state index is 12.1. The second kappa shape index (κ2) is 37.9. The Kier molecular flexibility index (Phi) is 35.7. The first kappa shape index (κ1) is 52.7. The number of amides is 1. The molecule has 0 bridgehead atoms. The average molecular weight is 796 g/mol. The molecule has 6 N–H and O–H groups in total. The number of hydrogen-bond donors (Lipinski definition) is 6. The van der Waals surface area contributed by atoms with E-state index in [1.165, 1.54) is 173 Å². The van der Waals surface area contributed by atoms with Crippen LogP contribution in [0.5, 0.6) is 0 Å². The highest BCUT2D eigenvalue weighted by Crippen LogP contribution is 2.23. The second-order valence-corrected chi connectivity index (χ2v) is 16.5. The lowest BCUT2D eigenvalue weighted by atomic mass is 9.99. The molecule has 0 radical (unpaired) electrons. The third-order valence-corrected chi connectivity index (χ3v) is 11.3. The van der Waals surface area contributed by atoms with Gasteiger partial charge in [0.1, 0.15) is 24.4 Å². The lowest BCUT2D eigenvalue weighted by Gasteiger charge is -2.40. The Bertz CT molecular complexity index is 930. The number of carbonyl (C=O) groups is 1. The number of aliphatic hydroxyl groups is 5. The minimum Gasteiger partial charge on any atom is -0.394 e. The van der Waals surface area contributed by atoms with Gasteiger partial charge in [-0.2, -0.15) is 0 Å². The van der Waals surface area contributed by atoms with Gasteiger partial charge in [-0.05, 0) is 25.7 Å². The number of rotatable bonds is 39. The van der Waals surface area contributed by atoms with Crippen molar-refractivity contribution in [2.75, 3.05) is 13.2 Å². The van der Waals surface area contributed by atoms with Gasteiger partial charge in [0.25, 0.3) is 0 Å². The van der Waals surface area contributed by atoms with Crippen molar-refractivity contribution in [2.24, 2.45) is 0 Å². The number of aliphatic hydroxyl groups excluding tert-OH is 5. The fourth-order valence-corrected chi connectivity index (χ4v) is 7.49. The summed E-state index contributed by atoms with van der Waals surface area (Å²) < 4.78 is 10.9. The topological polar surface area (TPSA) is 149 Å². The molecule has 7 atom stereocenters. The molecule has 1 saturated heterocycles. The Morgan fingerprint density at radius 2 is 1.00 bits per heavy atom. The van der Waals surface area contributed by atoms with Gasteiger partial charge < -0.3 is 40.3 Å². The summed E-state index contributed by atoms with van der Waals surface area (Å²) in [6.07, 6.45) is 40.9. The summed E-state index contributed by atoms with van der Waals surface area (Å²) in [7, 11) is 0. The van der Waals surface area contributed by atoms with E-state index in [2.05, 4.69) is 24.4 Å². The Balaban J connectivity index is 1.94. The van der Waals surface area contributed by atoms with Crippen LogP contribution in [0.2, 0.25) is 0 Å². The minimum atomic E-state index is -1.56. The van der Waals surface area contributed by atoms with E-state index in [1.54, 1.807) is 13.0 Å². The number of nitrogens with one attached hydrogen (secondary N) is 1. The molecule has 9 nitrogen and oxygen atoms in total. The molecule has 0 spiro atoms. The van der Waals surface area contributed by atoms with E-state index in [-0.39, 0.29) is 18.9 Å². The number of ether oxygens (including phenoxy) is 2. The fourth-order valence-electron chi connectivity index (χ4n) is 7.49. The monoisotopic (exact) mass is 796 g/mol. The van der Waals surface area contributed by atoms with E-state index in [1.807, 2.05) is 6.08 Å². The van der Waals surface area contributed by atoms with E-state index in [0.29, 0.717) is 0 Å². The number of allylic oxidation sites excluding steroid dienone is 3. The molecule has 330 valence electrons. The summed E-state index contributed by atoms with van der Waals surface area (Å²) in [5, 5.41) is 53.0. The van der Waals surface area contributed by atoms with Gasteiger partial charge in [0.15, 0.2) is 6.29 Å². The van der Waals surface area contributed by atoms with Gasteiger partial charge in [-0.15, -0.1) is 0 Å². The first-order valence-electron chi connectivity index (χ1n) is 23.6. The molecule has 1 rings (SSSR count). The first-order chi connectivity index (χ1) is 27.3. The summed E-state index contributed by atoms with van der Waals surface area (Å²) in [6, 6.07) is -0.815. The van der Waals surface area contributed by atoms with Crippen molar-refractivity contribution in [1.82, 2.24) is 5.32 Å². The zero-order chi connectivity index (χ0) is 40.9. The van der Waals surface area contributed by atoms with Crippen LogP contribution in [0.4, 0.5) is 0 Å². The van der Waals surface area contributed by atoms with E-state index < -0.39 is 49.5 Å². The van der Waals surface area contributed by atoms with Crippen LogP contribution in [0.1, 0.15) is 213 Å². The largest absolute Gasteiger partial charge is 0.394 e. The predicted molar refractivity (Wildman–Crippen MR) is 230 cm³/mol. The molecule has 0 aliphatic carbocycles. The van der Waals surface area contributed by atoms with Gasteiger partial charge in [0.2, 0.25) is 5.91 Å². The van der Waals surface area contributed by atoms with Crippen LogP contribution in [0.25, 0.3) is 0 Å². The predicted octanol–water partition coefficient (Wildman–Crippen LogP) is 9.89. The van der Waals surface area contributed by atoms with Gasteiger partial charge in [0, 0.05) is 6.42 Å². The highest BCUT2D eigenvalue weighted by Gasteiger charge is 2.44. The van der Waals surface area contributed by atoms with E-state index in [4.69, 9.17) is 9.47 Å². The highest BCUT2D eigenvalue weighted by molar-refractivity contribution is 5.75. The number of carbonyl (C=O) groups excluding carboxylic acids is 1. The number of hydrogen-bond acceptors (Lipinski definition) is 8. The van der Waals surface area contributed by atoms with Gasteiger partial charge in [0.05, 0.1) is 25.4 Å². The van der Waals surface area contributed by atoms with Gasteiger partial charge in [-0.1, -0.05) is 205 Å². The van der Waals surface area contributed by atoms with Crippen LogP contribution >= 0.6 is 0 Å². The van der Waals surface area contributed by atoms with E-state index >= 15 is 0 Å². The third-order valence-electron chi connectivity index (χ3n) is 11.3. The normalized spacial score (nSPS) is 21.3.